The molecule has 3 heterocycles. The lowest BCUT2D eigenvalue weighted by atomic mass is 9.95. The second-order valence-electron chi connectivity index (χ2n) is 7.31. The van der Waals surface area contributed by atoms with Crippen LogP contribution in [0.1, 0.15) is 25.3 Å². The SMILES string of the molecule is CC(C)c1ccc(N2CC(NS(=O)(=O)C3COC3)C2)c2cnc(Cl)cc12. The molecule has 2 saturated heterocycles. The molecule has 1 N–H and O–H groups in total. The third kappa shape index (κ3) is 3.17. The molecule has 26 heavy (non-hydrogen) atoms. The standard InChI is InChI=1S/C18H22ClN3O3S/c1-11(2)14-3-4-17(16-6-20-18(19)5-15(14)16)22-7-12(8-22)21-26(23,24)13-9-25-10-13/h3-6,11-13,21H,7-10H2,1-2H3. The van der Waals surface area contributed by atoms with Crippen molar-refractivity contribution in [1.29, 1.82) is 0 Å². The van der Waals surface area contributed by atoms with Crippen molar-refractivity contribution >= 4 is 38.1 Å². The smallest absolute Gasteiger partial charge is 0.219 e. The van der Waals surface area contributed by atoms with E-state index in [0.29, 0.717) is 37.4 Å². The predicted molar refractivity (Wildman–Crippen MR) is 104 cm³/mol. The van der Waals surface area contributed by atoms with E-state index in [0.717, 1.165) is 16.5 Å². The van der Waals surface area contributed by atoms with Gasteiger partial charge in [-0.1, -0.05) is 31.5 Å². The van der Waals surface area contributed by atoms with Crippen LogP contribution in [0.25, 0.3) is 10.8 Å². The molecule has 0 bridgehead atoms. The Labute approximate surface area is 158 Å². The van der Waals surface area contributed by atoms with Gasteiger partial charge in [0.25, 0.3) is 0 Å². The van der Waals surface area contributed by atoms with Crippen LogP contribution in [0.15, 0.2) is 24.4 Å². The van der Waals surface area contributed by atoms with Crippen molar-refractivity contribution in [3.63, 3.8) is 0 Å². The van der Waals surface area contributed by atoms with E-state index in [1.165, 1.54) is 5.56 Å². The van der Waals surface area contributed by atoms with Gasteiger partial charge in [0.05, 0.1) is 19.3 Å². The molecular weight excluding hydrogens is 374 g/mol. The number of pyridine rings is 1. The average Bonchev–Trinajstić information content (AvgIpc) is 2.47. The van der Waals surface area contributed by atoms with Gasteiger partial charge in [-0.05, 0) is 29.0 Å². The Bertz CT molecular complexity index is 938. The fourth-order valence-corrected chi connectivity index (χ4v) is 4.99. The normalized spacial score (nSPS) is 19.0. The van der Waals surface area contributed by atoms with E-state index in [-0.39, 0.29) is 6.04 Å². The molecule has 140 valence electrons. The monoisotopic (exact) mass is 395 g/mol. The molecule has 0 radical (unpaired) electrons. The molecule has 0 unspecified atom stereocenters. The van der Waals surface area contributed by atoms with Gasteiger partial charge in [-0.15, -0.1) is 0 Å². The topological polar surface area (TPSA) is 71.5 Å². The number of fused-ring (bicyclic) bond motifs is 1. The highest BCUT2D eigenvalue weighted by molar-refractivity contribution is 7.90. The first-order valence-electron chi connectivity index (χ1n) is 8.77. The summed E-state index contributed by atoms with van der Waals surface area (Å²) in [6, 6.07) is 6.06. The molecule has 6 nitrogen and oxygen atoms in total. The molecule has 0 atom stereocenters. The summed E-state index contributed by atoms with van der Waals surface area (Å²) >= 11 is 6.11. The zero-order valence-electron chi connectivity index (χ0n) is 14.8. The molecule has 2 aliphatic heterocycles. The van der Waals surface area contributed by atoms with Gasteiger partial charge in [-0.2, -0.15) is 0 Å². The van der Waals surface area contributed by atoms with Crippen molar-refractivity contribution in [3.05, 3.63) is 35.1 Å². The van der Waals surface area contributed by atoms with E-state index in [1.807, 2.05) is 12.3 Å². The number of benzene rings is 1. The van der Waals surface area contributed by atoms with E-state index in [2.05, 4.69) is 40.6 Å². The Balaban J connectivity index is 1.55. The van der Waals surface area contributed by atoms with Gasteiger partial charge < -0.3 is 9.64 Å². The van der Waals surface area contributed by atoms with Crippen LogP contribution in [0, 0.1) is 0 Å². The van der Waals surface area contributed by atoms with Crippen molar-refractivity contribution < 1.29 is 13.2 Å². The van der Waals surface area contributed by atoms with E-state index < -0.39 is 15.3 Å². The van der Waals surface area contributed by atoms with Crippen molar-refractivity contribution in [3.8, 4) is 0 Å². The number of nitrogens with zero attached hydrogens (tertiary/aromatic N) is 2. The number of hydrogen-bond donors (Lipinski definition) is 1. The molecule has 4 rings (SSSR count). The highest BCUT2D eigenvalue weighted by Crippen LogP contribution is 2.35. The number of nitrogens with one attached hydrogen (secondary N) is 1. The Morgan fingerprint density at radius 3 is 2.62 bits per heavy atom. The highest BCUT2D eigenvalue weighted by atomic mass is 35.5. The first-order valence-corrected chi connectivity index (χ1v) is 10.7. The largest absolute Gasteiger partial charge is 0.378 e. The summed E-state index contributed by atoms with van der Waals surface area (Å²) in [5, 5.41) is 2.23. The average molecular weight is 396 g/mol. The van der Waals surface area contributed by atoms with E-state index in [9.17, 15) is 8.42 Å². The van der Waals surface area contributed by atoms with Gasteiger partial charge in [0.1, 0.15) is 10.4 Å². The molecule has 0 saturated carbocycles. The van der Waals surface area contributed by atoms with Crippen LogP contribution in [0.4, 0.5) is 5.69 Å². The minimum absolute atomic E-state index is 0.0688. The first-order chi connectivity index (χ1) is 12.3. The van der Waals surface area contributed by atoms with Crippen LogP contribution < -0.4 is 9.62 Å². The van der Waals surface area contributed by atoms with E-state index in [1.54, 1.807) is 0 Å². The summed E-state index contributed by atoms with van der Waals surface area (Å²) in [7, 11) is -3.29. The zero-order chi connectivity index (χ0) is 18.5. The second kappa shape index (κ2) is 6.64. The van der Waals surface area contributed by atoms with Crippen molar-refractivity contribution in [2.45, 2.75) is 31.1 Å². The minimum Gasteiger partial charge on any atom is -0.378 e. The van der Waals surface area contributed by atoms with Crippen LogP contribution in [0.2, 0.25) is 5.15 Å². The molecule has 2 fully saturated rings. The minimum atomic E-state index is -3.29. The number of rotatable bonds is 5. The van der Waals surface area contributed by atoms with Gasteiger partial charge in [-0.25, -0.2) is 18.1 Å². The van der Waals surface area contributed by atoms with Gasteiger partial charge in [-0.3, -0.25) is 0 Å². The number of sulfonamides is 1. The summed E-state index contributed by atoms with van der Waals surface area (Å²) < 4.78 is 32.2. The van der Waals surface area contributed by atoms with Gasteiger partial charge >= 0.3 is 0 Å². The van der Waals surface area contributed by atoms with Crippen LogP contribution in [-0.4, -0.2) is 51.0 Å². The second-order valence-corrected chi connectivity index (χ2v) is 9.69. The van der Waals surface area contributed by atoms with Crippen molar-refractivity contribution in [1.82, 2.24) is 9.71 Å². The Morgan fingerprint density at radius 2 is 2.00 bits per heavy atom. The Kier molecular flexibility index (Phi) is 4.59. The van der Waals surface area contributed by atoms with Crippen LogP contribution in [0.3, 0.4) is 0 Å². The fourth-order valence-electron chi connectivity index (χ4n) is 3.47. The Morgan fingerprint density at radius 1 is 1.27 bits per heavy atom. The van der Waals surface area contributed by atoms with E-state index >= 15 is 0 Å². The third-order valence-electron chi connectivity index (χ3n) is 5.10. The van der Waals surface area contributed by atoms with Crippen LogP contribution >= 0.6 is 11.6 Å². The maximum Gasteiger partial charge on any atom is 0.219 e. The summed E-state index contributed by atoms with van der Waals surface area (Å²) in [5.74, 6) is 0.380. The fraction of sp³-hybridized carbons (Fsp3) is 0.500. The molecule has 2 aliphatic rings. The lowest BCUT2D eigenvalue weighted by Gasteiger charge is -2.42. The van der Waals surface area contributed by atoms with Gasteiger partial charge in [0, 0.05) is 30.4 Å². The van der Waals surface area contributed by atoms with Crippen LogP contribution in [0.5, 0.6) is 0 Å². The van der Waals surface area contributed by atoms with Gasteiger partial charge in [0.2, 0.25) is 10.0 Å². The molecule has 0 spiro atoms. The first kappa shape index (κ1) is 18.0. The molecule has 0 amide bonds. The lowest BCUT2D eigenvalue weighted by Crippen LogP contribution is -2.62. The highest BCUT2D eigenvalue weighted by Gasteiger charge is 2.38. The number of hydrogen-bond acceptors (Lipinski definition) is 5. The van der Waals surface area contributed by atoms with E-state index in [4.69, 9.17) is 16.3 Å². The number of halogens is 1. The summed E-state index contributed by atoms with van der Waals surface area (Å²) in [5.41, 5.74) is 2.30. The third-order valence-corrected chi connectivity index (χ3v) is 7.12. The molecule has 1 aromatic heterocycles. The van der Waals surface area contributed by atoms with Gasteiger partial charge in [0.15, 0.2) is 0 Å². The quantitative estimate of drug-likeness (QED) is 0.787. The Hall–Kier alpha value is -1.41. The molecular formula is C18H22ClN3O3S. The maximum absolute atomic E-state index is 12.2. The maximum atomic E-state index is 12.2. The molecule has 1 aromatic carbocycles. The number of aromatic nitrogens is 1. The number of anilines is 1. The molecule has 8 heteroatoms. The van der Waals surface area contributed by atoms with Crippen molar-refractivity contribution in [2.75, 3.05) is 31.2 Å². The molecule has 0 aliphatic carbocycles. The predicted octanol–water partition coefficient (Wildman–Crippen LogP) is 2.52. The molecule has 2 aromatic rings. The summed E-state index contributed by atoms with van der Waals surface area (Å²) in [6.45, 7) is 6.18. The lowest BCUT2D eigenvalue weighted by molar-refractivity contribution is 0.0409. The van der Waals surface area contributed by atoms with Crippen LogP contribution in [-0.2, 0) is 14.8 Å². The zero-order valence-corrected chi connectivity index (χ0v) is 16.3. The number of ether oxygens (including phenoxy) is 1. The summed E-state index contributed by atoms with van der Waals surface area (Å²) in [6.07, 6.45) is 1.81. The summed E-state index contributed by atoms with van der Waals surface area (Å²) in [4.78, 5) is 6.42. The van der Waals surface area contributed by atoms with Crippen molar-refractivity contribution in [2.24, 2.45) is 0 Å².